The van der Waals surface area contributed by atoms with Crippen molar-refractivity contribution in [3.63, 3.8) is 0 Å². The van der Waals surface area contributed by atoms with Gasteiger partial charge in [0.25, 0.3) is 15.9 Å². The summed E-state index contributed by atoms with van der Waals surface area (Å²) in [5, 5.41) is 13.8. The summed E-state index contributed by atoms with van der Waals surface area (Å²) in [6.07, 6.45) is -0.632. The smallest absolute Gasteiger partial charge is 0.265 e. The van der Waals surface area contributed by atoms with Gasteiger partial charge in [-0.15, -0.1) is 22.7 Å². The SMILES string of the molecule is CCOC(O)c1sc2ccc(S(=O)(=O)N(CCc3cccc(Cl)c3)c3ccccc3N3CCN(C(=O)c4sccc4Br)CC3)cc2c1C. The highest BCUT2D eigenvalue weighted by atomic mass is 79.9. The van der Waals surface area contributed by atoms with E-state index in [-0.39, 0.29) is 17.3 Å². The summed E-state index contributed by atoms with van der Waals surface area (Å²) in [6.45, 7) is 6.36. The molecule has 1 N–H and O–H groups in total. The minimum atomic E-state index is -4.07. The number of carbonyl (C=O) groups is 1. The molecule has 1 aliphatic heterocycles. The summed E-state index contributed by atoms with van der Waals surface area (Å²) in [5.74, 6) is -0.00779. The Bertz CT molecular complexity index is 2040. The van der Waals surface area contributed by atoms with Crippen molar-refractivity contribution in [1.29, 1.82) is 0 Å². The third-order valence-corrected chi connectivity index (χ3v) is 13.6. The van der Waals surface area contributed by atoms with E-state index < -0.39 is 16.3 Å². The van der Waals surface area contributed by atoms with Gasteiger partial charge in [-0.05, 0) is 107 Å². The first-order chi connectivity index (χ1) is 23.1. The third kappa shape index (κ3) is 7.16. The quantitative estimate of drug-likeness (QED) is 0.136. The van der Waals surface area contributed by atoms with E-state index in [1.165, 1.54) is 27.0 Å². The van der Waals surface area contributed by atoms with E-state index in [0.29, 0.717) is 59.7 Å². The molecule has 3 heterocycles. The Morgan fingerprint density at radius 2 is 1.83 bits per heavy atom. The predicted octanol–water partition coefficient (Wildman–Crippen LogP) is 8.11. The Hall–Kier alpha value is -2.97. The number of carbonyl (C=O) groups excluding carboxylic acids is 1. The number of benzene rings is 3. The van der Waals surface area contributed by atoms with E-state index in [9.17, 15) is 18.3 Å². The van der Waals surface area contributed by atoms with Gasteiger partial charge < -0.3 is 19.6 Å². The lowest BCUT2D eigenvalue weighted by molar-refractivity contribution is -0.0958. The maximum Gasteiger partial charge on any atom is 0.265 e. The maximum absolute atomic E-state index is 14.7. The molecule has 48 heavy (non-hydrogen) atoms. The van der Waals surface area contributed by atoms with Gasteiger partial charge in [0, 0.05) is 53.5 Å². The van der Waals surface area contributed by atoms with E-state index in [2.05, 4.69) is 20.8 Å². The molecule has 252 valence electrons. The number of hydrogen-bond acceptors (Lipinski definition) is 8. The molecule has 2 aromatic heterocycles. The highest BCUT2D eigenvalue weighted by Crippen LogP contribution is 2.39. The zero-order valence-corrected chi connectivity index (χ0v) is 31.2. The molecule has 1 amide bonds. The molecule has 1 atom stereocenters. The van der Waals surface area contributed by atoms with E-state index >= 15 is 0 Å². The summed E-state index contributed by atoms with van der Waals surface area (Å²) in [7, 11) is -4.07. The van der Waals surface area contributed by atoms with Crippen LogP contribution in [-0.2, 0) is 21.2 Å². The summed E-state index contributed by atoms with van der Waals surface area (Å²) >= 11 is 12.6. The van der Waals surface area contributed by atoms with E-state index in [0.717, 1.165) is 31.4 Å². The molecule has 1 fully saturated rings. The number of aryl methyl sites for hydroxylation is 1. The van der Waals surface area contributed by atoms with Crippen molar-refractivity contribution in [2.24, 2.45) is 0 Å². The first kappa shape index (κ1) is 34.9. The third-order valence-electron chi connectivity index (χ3n) is 8.44. The molecule has 0 saturated carbocycles. The maximum atomic E-state index is 14.7. The molecule has 6 rings (SSSR count). The standard InChI is InChI=1S/C35H35BrClN3O5S3/c1-3-45-35(42)32-23(2)27-22-26(11-12-31(27)47-32)48(43,44)40(15-13-24-7-6-8-25(37)21-24)30-10-5-4-9-29(30)38-16-18-39(19-17-38)34(41)33-28(36)14-20-46-33/h4-12,14,20-22,35,42H,3,13,15-19H2,1-2H3. The van der Waals surface area contributed by atoms with Crippen molar-refractivity contribution in [1.82, 2.24) is 4.90 Å². The molecule has 1 aliphatic rings. The minimum absolute atomic E-state index is 0.00779. The number of nitrogens with zero attached hydrogens (tertiary/aromatic N) is 3. The first-order valence-corrected chi connectivity index (χ1v) is 19.9. The highest BCUT2D eigenvalue weighted by molar-refractivity contribution is 9.10. The number of thiophene rings is 2. The van der Waals surface area contributed by atoms with E-state index in [4.69, 9.17) is 16.3 Å². The number of aliphatic hydroxyl groups excluding tert-OH is 1. The molecule has 0 spiro atoms. The largest absolute Gasteiger partial charge is 0.366 e. The van der Waals surface area contributed by atoms with Gasteiger partial charge in [0.1, 0.15) is 4.88 Å². The predicted molar refractivity (Wildman–Crippen MR) is 199 cm³/mol. The van der Waals surface area contributed by atoms with Crippen LogP contribution < -0.4 is 9.21 Å². The second kappa shape index (κ2) is 14.9. The van der Waals surface area contributed by atoms with Crippen molar-refractivity contribution < 1.29 is 23.1 Å². The number of ether oxygens (including phenoxy) is 1. The van der Waals surface area contributed by atoms with Crippen LogP contribution in [0.25, 0.3) is 10.1 Å². The second-order valence-corrected chi connectivity index (χ2v) is 16.5. The molecule has 13 heteroatoms. The van der Waals surface area contributed by atoms with Crippen LogP contribution in [0.4, 0.5) is 11.4 Å². The van der Waals surface area contributed by atoms with Crippen molar-refractivity contribution in [3.8, 4) is 0 Å². The second-order valence-electron chi connectivity index (χ2n) is 11.4. The van der Waals surface area contributed by atoms with Crippen molar-refractivity contribution in [3.05, 3.63) is 109 Å². The van der Waals surface area contributed by atoms with Crippen LogP contribution in [0.2, 0.25) is 5.02 Å². The number of amides is 1. The summed E-state index contributed by atoms with van der Waals surface area (Å²) in [5.41, 5.74) is 3.06. The fourth-order valence-corrected chi connectivity index (χ4v) is 10.3. The lowest BCUT2D eigenvalue weighted by Gasteiger charge is -2.38. The number of halogens is 2. The van der Waals surface area contributed by atoms with Crippen LogP contribution in [0.5, 0.6) is 0 Å². The van der Waals surface area contributed by atoms with Gasteiger partial charge in [-0.1, -0.05) is 35.9 Å². The fraction of sp³-hybridized carbons (Fsp3) is 0.286. The molecule has 1 unspecified atom stereocenters. The number of piperazine rings is 1. The molecule has 1 saturated heterocycles. The Balaban J connectivity index is 1.34. The molecular formula is C35H35BrClN3O5S3. The van der Waals surface area contributed by atoms with Gasteiger partial charge in [0.2, 0.25) is 0 Å². The number of fused-ring (bicyclic) bond motifs is 1. The van der Waals surface area contributed by atoms with Crippen molar-refractivity contribution in [2.45, 2.75) is 31.5 Å². The number of sulfonamides is 1. The van der Waals surface area contributed by atoms with Gasteiger partial charge in [-0.25, -0.2) is 8.42 Å². The Labute approximate surface area is 302 Å². The molecule has 0 aliphatic carbocycles. The monoisotopic (exact) mass is 787 g/mol. The van der Waals surface area contributed by atoms with Crippen LogP contribution in [0, 0.1) is 6.92 Å². The number of para-hydroxylation sites is 2. The average Bonchev–Trinajstić information content (AvgIpc) is 3.67. The number of anilines is 2. The van der Waals surface area contributed by atoms with E-state index in [1.807, 2.05) is 72.7 Å². The summed E-state index contributed by atoms with van der Waals surface area (Å²) in [6, 6.07) is 22.0. The van der Waals surface area contributed by atoms with Gasteiger partial charge in [-0.3, -0.25) is 9.10 Å². The van der Waals surface area contributed by atoms with Gasteiger partial charge in [0.05, 0.1) is 21.1 Å². The number of rotatable bonds is 11. The zero-order valence-electron chi connectivity index (χ0n) is 26.4. The molecule has 3 aromatic carbocycles. The highest BCUT2D eigenvalue weighted by Gasteiger charge is 2.31. The summed E-state index contributed by atoms with van der Waals surface area (Å²) < 4.78 is 38.0. The van der Waals surface area contributed by atoms with E-state index in [1.54, 1.807) is 24.3 Å². The molecule has 0 bridgehead atoms. The fourth-order valence-electron chi connectivity index (χ4n) is 5.95. The van der Waals surface area contributed by atoms with Crippen LogP contribution in [0.1, 0.15) is 38.9 Å². The number of hydrogen-bond donors (Lipinski definition) is 1. The Morgan fingerprint density at radius 3 is 2.54 bits per heavy atom. The Kier molecular flexibility index (Phi) is 10.8. The summed E-state index contributed by atoms with van der Waals surface area (Å²) in [4.78, 5) is 18.7. The average molecular weight is 789 g/mol. The molecular weight excluding hydrogens is 754 g/mol. The lowest BCUT2D eigenvalue weighted by Crippen LogP contribution is -2.49. The molecule has 0 radical (unpaired) electrons. The van der Waals surface area contributed by atoms with Gasteiger partial charge >= 0.3 is 0 Å². The number of aliphatic hydroxyl groups is 1. The van der Waals surface area contributed by atoms with Crippen molar-refractivity contribution >= 4 is 87.6 Å². The first-order valence-electron chi connectivity index (χ1n) is 15.5. The minimum Gasteiger partial charge on any atom is -0.366 e. The van der Waals surface area contributed by atoms with Crippen LogP contribution in [0.3, 0.4) is 0 Å². The van der Waals surface area contributed by atoms with Crippen LogP contribution in [0.15, 0.2) is 87.5 Å². The van der Waals surface area contributed by atoms with Crippen molar-refractivity contribution in [2.75, 3.05) is 48.5 Å². The topological polar surface area (TPSA) is 90.4 Å². The van der Waals surface area contributed by atoms with Crippen LogP contribution in [-0.4, -0.2) is 63.7 Å². The zero-order chi connectivity index (χ0) is 34.0. The van der Waals surface area contributed by atoms with Gasteiger partial charge in [-0.2, -0.15) is 0 Å². The van der Waals surface area contributed by atoms with Crippen LogP contribution >= 0.6 is 50.2 Å². The normalized spacial score (nSPS) is 14.4. The molecule has 5 aromatic rings. The molecule has 8 nitrogen and oxygen atoms in total. The van der Waals surface area contributed by atoms with Gasteiger partial charge in [0.15, 0.2) is 6.29 Å². The Morgan fingerprint density at radius 1 is 1.06 bits per heavy atom. The lowest BCUT2D eigenvalue weighted by atomic mass is 10.1.